The van der Waals surface area contributed by atoms with E-state index >= 15 is 0 Å². The number of halogens is 5. The second kappa shape index (κ2) is 8.13. The molecule has 0 fully saturated rings. The average Bonchev–Trinajstić information content (AvgIpc) is 2.53. The van der Waals surface area contributed by atoms with Crippen LogP contribution in [0.15, 0.2) is 5.83 Å². The van der Waals surface area contributed by atoms with Crippen molar-refractivity contribution in [2.45, 2.75) is 70.9 Å². The molecule has 0 saturated carbocycles. The first-order valence-electron chi connectivity index (χ1n) is 8.50. The molecule has 26 heavy (non-hydrogen) atoms. The summed E-state index contributed by atoms with van der Waals surface area (Å²) in [4.78, 5) is 11.9. The third-order valence-corrected chi connectivity index (χ3v) is 3.88. The first-order chi connectivity index (χ1) is 12.1. The molecule has 0 amide bonds. The van der Waals surface area contributed by atoms with E-state index in [1.165, 1.54) is 6.92 Å². The van der Waals surface area contributed by atoms with Crippen LogP contribution in [0.3, 0.4) is 0 Å². The van der Waals surface area contributed by atoms with Gasteiger partial charge in [0.15, 0.2) is 12.0 Å². The van der Waals surface area contributed by atoms with Gasteiger partial charge in [-0.15, -0.1) is 0 Å². The Labute approximate surface area is 148 Å². The molecule has 1 unspecified atom stereocenters. The Balaban J connectivity index is 2.44. The predicted molar refractivity (Wildman–Crippen MR) is 89.1 cm³/mol. The summed E-state index contributed by atoms with van der Waals surface area (Å²) in [5, 5.41) is 5.08. The van der Waals surface area contributed by atoms with Crippen LogP contribution in [0.2, 0.25) is 0 Å². The Hall–Kier alpha value is -2.00. The molecule has 0 radical (unpaired) electrons. The Morgan fingerprint density at radius 1 is 1.12 bits per heavy atom. The Morgan fingerprint density at radius 2 is 1.73 bits per heavy atom. The van der Waals surface area contributed by atoms with E-state index in [9.17, 15) is 22.0 Å². The van der Waals surface area contributed by atoms with Crippen LogP contribution < -0.4 is 10.6 Å². The van der Waals surface area contributed by atoms with Gasteiger partial charge in [0.2, 0.25) is 11.9 Å². The number of allylic oxidation sites excluding steroid dienone is 2. The van der Waals surface area contributed by atoms with Gasteiger partial charge in [0.1, 0.15) is 11.9 Å². The molecule has 0 saturated heterocycles. The van der Waals surface area contributed by atoms with Crippen LogP contribution >= 0.6 is 0 Å². The molecule has 2 N–H and O–H groups in total. The van der Waals surface area contributed by atoms with Gasteiger partial charge >= 0.3 is 6.18 Å². The van der Waals surface area contributed by atoms with Crippen molar-refractivity contribution in [3.63, 3.8) is 0 Å². The van der Waals surface area contributed by atoms with Gasteiger partial charge in [0.05, 0.1) is 0 Å². The number of anilines is 2. The summed E-state index contributed by atoms with van der Waals surface area (Å²) in [6, 6.07) is -1.97. The fourth-order valence-corrected chi connectivity index (χ4v) is 2.58. The fourth-order valence-electron chi connectivity index (χ4n) is 2.58. The van der Waals surface area contributed by atoms with Crippen molar-refractivity contribution in [3.8, 4) is 0 Å². The maximum atomic E-state index is 14.2. The van der Waals surface area contributed by atoms with E-state index in [1.807, 2.05) is 0 Å². The molecule has 0 aliphatic heterocycles. The summed E-state index contributed by atoms with van der Waals surface area (Å²) in [6.45, 7) is 4.95. The quantitative estimate of drug-likeness (QED) is 0.705. The molecule has 1 aliphatic carbocycles. The van der Waals surface area contributed by atoms with E-state index in [-0.39, 0.29) is 48.6 Å². The molecule has 146 valence electrons. The van der Waals surface area contributed by atoms with Crippen molar-refractivity contribution in [1.82, 2.24) is 15.0 Å². The predicted octanol–water partition coefficient (Wildman–Crippen LogP) is 4.65. The lowest BCUT2D eigenvalue weighted by Crippen LogP contribution is -2.36. The molecular weight excluding hydrogens is 357 g/mol. The van der Waals surface area contributed by atoms with Crippen LogP contribution in [-0.4, -0.2) is 39.4 Å². The minimum absolute atomic E-state index is 0.00538. The first kappa shape index (κ1) is 20.3. The third kappa shape index (κ3) is 5.01. The number of nitrogens with zero attached hydrogens (tertiary/aromatic N) is 3. The van der Waals surface area contributed by atoms with Gasteiger partial charge in [0, 0.05) is 11.6 Å². The second-order valence-electron chi connectivity index (χ2n) is 6.44. The van der Waals surface area contributed by atoms with Crippen LogP contribution in [0.1, 0.15) is 52.3 Å². The monoisotopic (exact) mass is 379 g/mol. The van der Waals surface area contributed by atoms with E-state index in [0.717, 1.165) is 0 Å². The smallest absolute Gasteiger partial charge is 0.352 e. The highest BCUT2D eigenvalue weighted by molar-refractivity contribution is 5.65. The zero-order valence-electron chi connectivity index (χ0n) is 14.8. The normalized spacial score (nSPS) is 19.7. The Morgan fingerprint density at radius 3 is 2.27 bits per heavy atom. The fraction of sp³-hybridized carbons (Fsp3) is 0.688. The topological polar surface area (TPSA) is 62.7 Å². The summed E-state index contributed by atoms with van der Waals surface area (Å²) in [6.07, 6.45) is -5.78. The van der Waals surface area contributed by atoms with Crippen LogP contribution in [0.4, 0.5) is 33.8 Å². The molecule has 10 heteroatoms. The summed E-state index contributed by atoms with van der Waals surface area (Å²) in [5.74, 6) is -1.44. The van der Waals surface area contributed by atoms with Gasteiger partial charge in [-0.3, -0.25) is 0 Å². The van der Waals surface area contributed by atoms with Gasteiger partial charge in [-0.25, -0.2) is 8.78 Å². The molecule has 2 rings (SSSR count). The molecule has 1 heterocycles. The average molecular weight is 379 g/mol. The lowest BCUT2D eigenvalue weighted by molar-refractivity contribution is -0.143. The van der Waals surface area contributed by atoms with Gasteiger partial charge in [-0.05, 0) is 39.5 Å². The van der Waals surface area contributed by atoms with Gasteiger partial charge in [-0.2, -0.15) is 28.1 Å². The van der Waals surface area contributed by atoms with Crippen LogP contribution in [0, 0.1) is 0 Å². The maximum absolute atomic E-state index is 14.2. The SMILES string of the molecule is CC[C@@H](Nc1nc(NC(C)C)nc(C2=C(F)C(F)CCC2)n1)C(F)(F)F. The van der Waals surface area contributed by atoms with Gasteiger partial charge < -0.3 is 10.6 Å². The van der Waals surface area contributed by atoms with Crippen LogP contribution in [-0.2, 0) is 0 Å². The molecule has 1 aliphatic rings. The summed E-state index contributed by atoms with van der Waals surface area (Å²) >= 11 is 0. The summed E-state index contributed by atoms with van der Waals surface area (Å²) < 4.78 is 66.9. The van der Waals surface area contributed by atoms with Gasteiger partial charge in [0.25, 0.3) is 0 Å². The number of aromatic nitrogens is 3. The van der Waals surface area contributed by atoms with Crippen LogP contribution in [0.25, 0.3) is 5.57 Å². The highest BCUT2D eigenvalue weighted by Crippen LogP contribution is 2.34. The van der Waals surface area contributed by atoms with Gasteiger partial charge in [-0.1, -0.05) is 6.92 Å². The van der Waals surface area contributed by atoms with E-state index in [0.29, 0.717) is 6.42 Å². The van der Waals surface area contributed by atoms with Crippen molar-refractivity contribution < 1.29 is 22.0 Å². The molecule has 1 aromatic heterocycles. The van der Waals surface area contributed by atoms with Crippen molar-refractivity contribution >= 4 is 17.5 Å². The van der Waals surface area contributed by atoms with Crippen molar-refractivity contribution in [2.24, 2.45) is 0 Å². The zero-order chi connectivity index (χ0) is 19.5. The van der Waals surface area contributed by atoms with Crippen molar-refractivity contribution in [2.75, 3.05) is 10.6 Å². The zero-order valence-corrected chi connectivity index (χ0v) is 14.8. The van der Waals surface area contributed by atoms with E-state index in [2.05, 4.69) is 25.6 Å². The third-order valence-electron chi connectivity index (χ3n) is 3.88. The van der Waals surface area contributed by atoms with E-state index < -0.39 is 24.2 Å². The largest absolute Gasteiger partial charge is 0.408 e. The Kier molecular flexibility index (Phi) is 6.35. The number of hydrogen-bond acceptors (Lipinski definition) is 5. The van der Waals surface area contributed by atoms with Crippen LogP contribution in [0.5, 0.6) is 0 Å². The number of rotatable bonds is 6. The highest BCUT2D eigenvalue weighted by atomic mass is 19.4. The molecule has 0 aromatic carbocycles. The minimum Gasteiger partial charge on any atom is -0.352 e. The lowest BCUT2D eigenvalue weighted by atomic mass is 9.96. The number of alkyl halides is 4. The highest BCUT2D eigenvalue weighted by Gasteiger charge is 2.39. The second-order valence-corrected chi connectivity index (χ2v) is 6.44. The molecular formula is C16H22F5N5. The van der Waals surface area contributed by atoms with E-state index in [1.54, 1.807) is 13.8 Å². The molecule has 1 aromatic rings. The number of hydrogen-bond donors (Lipinski definition) is 2. The molecule has 0 spiro atoms. The molecule has 5 nitrogen and oxygen atoms in total. The van der Waals surface area contributed by atoms with Crippen molar-refractivity contribution in [3.05, 3.63) is 11.7 Å². The standard InChI is InChI=1S/C16H22F5N5/c1-4-11(16(19,20)21)23-15-25-13(24-14(26-15)22-8(2)3)9-6-5-7-10(17)12(9)18/h8,10-11H,4-7H2,1-3H3,(H2,22,23,24,25,26)/t10?,11-/m1/s1. The molecule has 2 atom stereocenters. The Bertz CT molecular complexity index is 659. The summed E-state index contributed by atoms with van der Waals surface area (Å²) in [7, 11) is 0. The van der Waals surface area contributed by atoms with E-state index in [4.69, 9.17) is 0 Å². The summed E-state index contributed by atoms with van der Waals surface area (Å²) in [5.41, 5.74) is -0.0268. The number of nitrogens with one attached hydrogen (secondary N) is 2. The first-order valence-corrected chi connectivity index (χ1v) is 8.50. The lowest BCUT2D eigenvalue weighted by Gasteiger charge is -2.22. The maximum Gasteiger partial charge on any atom is 0.408 e. The van der Waals surface area contributed by atoms with Crippen molar-refractivity contribution in [1.29, 1.82) is 0 Å². The molecule has 0 bridgehead atoms. The minimum atomic E-state index is -4.49.